The van der Waals surface area contributed by atoms with Crippen LogP contribution in [0.3, 0.4) is 0 Å². The summed E-state index contributed by atoms with van der Waals surface area (Å²) in [6.07, 6.45) is 2.52. The molecule has 0 aromatic carbocycles. The summed E-state index contributed by atoms with van der Waals surface area (Å²) < 4.78 is 0. The Morgan fingerprint density at radius 3 is 2.25 bits per heavy atom. The smallest absolute Gasteiger partial charge is 0.0328 e. The van der Waals surface area contributed by atoms with E-state index in [9.17, 15) is 0 Å². The zero-order chi connectivity index (χ0) is 9.56. The van der Waals surface area contributed by atoms with Crippen molar-refractivity contribution in [1.82, 2.24) is 4.90 Å². The van der Waals surface area contributed by atoms with Gasteiger partial charge in [-0.2, -0.15) is 0 Å². The summed E-state index contributed by atoms with van der Waals surface area (Å²) in [5.74, 6) is 0. The molecule has 0 bridgehead atoms. The fourth-order valence-electron chi connectivity index (χ4n) is 1.10. The molecule has 72 valence electrons. The average molecular weight is 185 g/mol. The van der Waals surface area contributed by atoms with Crippen molar-refractivity contribution in [1.29, 1.82) is 0 Å². The first-order valence-corrected chi connectivity index (χ1v) is 5.89. The summed E-state index contributed by atoms with van der Waals surface area (Å²) in [5.41, 5.74) is 1.60. The Labute approximate surface area is 80.3 Å². The molecule has 2 heteroatoms. The van der Waals surface area contributed by atoms with Crippen molar-refractivity contribution < 1.29 is 0 Å². The van der Waals surface area contributed by atoms with E-state index in [1.165, 1.54) is 36.2 Å². The lowest BCUT2D eigenvalue weighted by Crippen LogP contribution is -2.20. The zero-order valence-electron chi connectivity index (χ0n) is 9.28. The van der Waals surface area contributed by atoms with Crippen LogP contribution >= 0.6 is 0 Å². The van der Waals surface area contributed by atoms with Crippen LogP contribution in [-0.4, -0.2) is 35.3 Å². The van der Waals surface area contributed by atoms with Gasteiger partial charge in [0.25, 0.3) is 0 Å². The standard InChI is InChI=1S/C10H23NSi/c1-5-7-11(4)8-6-9(2)10(3)12/h5-8H2,1-4,12H3. The SMILES string of the molecule is CCCN(C)CCC(C)=C(C)[SiH3]. The number of hydrogen-bond donors (Lipinski definition) is 0. The monoisotopic (exact) mass is 185 g/mol. The summed E-state index contributed by atoms with van der Waals surface area (Å²) in [4.78, 5) is 2.41. The normalized spacial score (nSPS) is 13.8. The highest BCUT2D eigenvalue weighted by molar-refractivity contribution is 6.21. The summed E-state index contributed by atoms with van der Waals surface area (Å²) in [5, 5.41) is 1.61. The second-order valence-corrected chi connectivity index (χ2v) is 5.33. The Bertz CT molecular complexity index is 148. The highest BCUT2D eigenvalue weighted by Gasteiger charge is 1.97. The Hall–Kier alpha value is -0.0831. The van der Waals surface area contributed by atoms with Crippen LogP contribution in [-0.2, 0) is 0 Å². The van der Waals surface area contributed by atoms with E-state index in [0.717, 1.165) is 0 Å². The van der Waals surface area contributed by atoms with Crippen LogP contribution in [0.2, 0.25) is 0 Å². The third kappa shape index (κ3) is 5.55. The Morgan fingerprint density at radius 1 is 1.25 bits per heavy atom. The minimum atomic E-state index is 1.22. The van der Waals surface area contributed by atoms with Crippen LogP contribution in [0.15, 0.2) is 10.8 Å². The summed E-state index contributed by atoms with van der Waals surface area (Å²) in [7, 11) is 3.43. The molecule has 0 unspecified atom stereocenters. The van der Waals surface area contributed by atoms with Crippen molar-refractivity contribution in [2.24, 2.45) is 0 Å². The molecule has 0 radical (unpaired) electrons. The number of allylic oxidation sites excluding steroid dienone is 1. The molecule has 0 aliphatic rings. The maximum absolute atomic E-state index is 2.41. The van der Waals surface area contributed by atoms with Crippen molar-refractivity contribution in [3.05, 3.63) is 10.8 Å². The molecular formula is C10H23NSi. The Balaban J connectivity index is 3.61. The van der Waals surface area contributed by atoms with Gasteiger partial charge in [-0.05, 0) is 40.3 Å². The van der Waals surface area contributed by atoms with Crippen molar-refractivity contribution in [3.8, 4) is 0 Å². The van der Waals surface area contributed by atoms with Crippen LogP contribution in [0.1, 0.15) is 33.6 Å². The van der Waals surface area contributed by atoms with E-state index in [2.05, 4.69) is 32.7 Å². The van der Waals surface area contributed by atoms with Gasteiger partial charge in [0.05, 0.1) is 0 Å². The molecule has 0 atom stereocenters. The zero-order valence-corrected chi connectivity index (χ0v) is 11.3. The molecule has 0 spiro atoms. The Kier molecular flexibility index (Phi) is 6.39. The van der Waals surface area contributed by atoms with Gasteiger partial charge in [-0.1, -0.05) is 17.7 Å². The van der Waals surface area contributed by atoms with E-state index in [1.54, 1.807) is 10.8 Å². The molecule has 0 N–H and O–H groups in total. The molecule has 0 heterocycles. The van der Waals surface area contributed by atoms with Gasteiger partial charge >= 0.3 is 0 Å². The summed E-state index contributed by atoms with van der Waals surface area (Å²) >= 11 is 0. The molecule has 0 amide bonds. The summed E-state index contributed by atoms with van der Waals surface area (Å²) in [6.45, 7) is 9.20. The van der Waals surface area contributed by atoms with E-state index >= 15 is 0 Å². The molecule has 0 aliphatic heterocycles. The largest absolute Gasteiger partial charge is 0.306 e. The lowest BCUT2D eigenvalue weighted by atomic mass is 10.2. The highest BCUT2D eigenvalue weighted by Crippen LogP contribution is 2.05. The molecule has 0 aromatic heterocycles. The van der Waals surface area contributed by atoms with Crippen LogP contribution in [0.25, 0.3) is 0 Å². The first kappa shape index (κ1) is 11.9. The van der Waals surface area contributed by atoms with E-state index in [4.69, 9.17) is 0 Å². The molecular weight excluding hydrogens is 162 g/mol. The molecule has 0 rings (SSSR count). The Morgan fingerprint density at radius 2 is 1.83 bits per heavy atom. The predicted octanol–water partition coefficient (Wildman–Crippen LogP) is 1.38. The minimum absolute atomic E-state index is 1.22. The van der Waals surface area contributed by atoms with Gasteiger partial charge in [0.2, 0.25) is 0 Å². The second-order valence-electron chi connectivity index (χ2n) is 3.83. The molecule has 1 nitrogen and oxygen atoms in total. The van der Waals surface area contributed by atoms with Crippen LogP contribution < -0.4 is 0 Å². The maximum Gasteiger partial charge on any atom is 0.0328 e. The van der Waals surface area contributed by atoms with Crippen LogP contribution in [0.5, 0.6) is 0 Å². The fraction of sp³-hybridized carbons (Fsp3) is 0.800. The van der Waals surface area contributed by atoms with Crippen molar-refractivity contribution in [3.63, 3.8) is 0 Å². The van der Waals surface area contributed by atoms with E-state index in [-0.39, 0.29) is 0 Å². The predicted molar refractivity (Wildman–Crippen MR) is 60.7 cm³/mol. The maximum atomic E-state index is 2.41. The molecule has 12 heavy (non-hydrogen) atoms. The lowest BCUT2D eigenvalue weighted by Gasteiger charge is -2.15. The minimum Gasteiger partial charge on any atom is -0.306 e. The lowest BCUT2D eigenvalue weighted by molar-refractivity contribution is 0.338. The van der Waals surface area contributed by atoms with Gasteiger partial charge in [-0.25, -0.2) is 0 Å². The summed E-state index contributed by atoms with van der Waals surface area (Å²) in [6, 6.07) is 0. The molecule has 0 saturated heterocycles. The van der Waals surface area contributed by atoms with Gasteiger partial charge in [0.15, 0.2) is 0 Å². The van der Waals surface area contributed by atoms with E-state index < -0.39 is 0 Å². The van der Waals surface area contributed by atoms with Crippen molar-refractivity contribution in [2.75, 3.05) is 20.1 Å². The average Bonchev–Trinajstić information content (AvgIpc) is 2.00. The number of hydrogen-bond acceptors (Lipinski definition) is 1. The van der Waals surface area contributed by atoms with Crippen LogP contribution in [0.4, 0.5) is 0 Å². The van der Waals surface area contributed by atoms with Gasteiger partial charge < -0.3 is 4.90 Å². The third-order valence-corrected chi connectivity index (χ3v) is 3.18. The molecule has 0 saturated carbocycles. The first-order chi connectivity index (χ1) is 5.57. The van der Waals surface area contributed by atoms with Gasteiger partial charge in [0, 0.05) is 16.8 Å². The number of nitrogens with zero attached hydrogens (tertiary/aromatic N) is 1. The van der Waals surface area contributed by atoms with E-state index in [1.807, 2.05) is 0 Å². The van der Waals surface area contributed by atoms with Crippen LogP contribution in [0, 0.1) is 0 Å². The third-order valence-electron chi connectivity index (χ3n) is 2.33. The molecule has 0 aromatic rings. The van der Waals surface area contributed by atoms with E-state index in [0.29, 0.717) is 0 Å². The second kappa shape index (κ2) is 6.43. The van der Waals surface area contributed by atoms with Gasteiger partial charge in [-0.15, -0.1) is 0 Å². The van der Waals surface area contributed by atoms with Crippen molar-refractivity contribution >= 4 is 10.2 Å². The fourth-order valence-corrected chi connectivity index (χ4v) is 1.35. The number of rotatable bonds is 5. The first-order valence-electron chi connectivity index (χ1n) is 4.89. The van der Waals surface area contributed by atoms with Crippen molar-refractivity contribution in [2.45, 2.75) is 33.6 Å². The van der Waals surface area contributed by atoms with Gasteiger partial charge in [0.1, 0.15) is 0 Å². The van der Waals surface area contributed by atoms with Gasteiger partial charge in [-0.3, -0.25) is 0 Å². The topological polar surface area (TPSA) is 3.24 Å². The molecule has 0 fully saturated rings. The quantitative estimate of drug-likeness (QED) is 0.585. The molecule has 0 aliphatic carbocycles. The highest BCUT2D eigenvalue weighted by atomic mass is 28.1.